The summed E-state index contributed by atoms with van der Waals surface area (Å²) in [7, 11) is 1.61. The van der Waals surface area contributed by atoms with E-state index < -0.39 is 5.92 Å². The fraction of sp³-hybridized carbons (Fsp3) is 0.455. The highest BCUT2D eigenvalue weighted by Crippen LogP contribution is 2.46. The Balaban J connectivity index is 2.15. The van der Waals surface area contributed by atoms with Crippen molar-refractivity contribution in [2.24, 2.45) is 5.41 Å². The number of ether oxygens (including phenoxy) is 2. The normalized spacial score (nSPS) is 21.5. The number of dihydropyridines is 1. The van der Waals surface area contributed by atoms with E-state index in [-0.39, 0.29) is 23.8 Å². The van der Waals surface area contributed by atoms with Gasteiger partial charge in [-0.2, -0.15) is 0 Å². The van der Waals surface area contributed by atoms with Gasteiger partial charge in [0.2, 0.25) is 0 Å². The van der Waals surface area contributed by atoms with Crippen LogP contribution in [0.3, 0.4) is 0 Å². The summed E-state index contributed by atoms with van der Waals surface area (Å²) < 4.78 is 10.6. The van der Waals surface area contributed by atoms with Gasteiger partial charge in [0.25, 0.3) is 0 Å². The van der Waals surface area contributed by atoms with Gasteiger partial charge >= 0.3 is 5.97 Å². The van der Waals surface area contributed by atoms with Crippen molar-refractivity contribution in [3.8, 4) is 5.75 Å². The van der Waals surface area contributed by atoms with Crippen LogP contribution in [0, 0.1) is 5.41 Å². The van der Waals surface area contributed by atoms with Gasteiger partial charge in [-0.1, -0.05) is 26.0 Å². The van der Waals surface area contributed by atoms with E-state index in [9.17, 15) is 9.59 Å². The average molecular weight is 369 g/mol. The highest BCUT2D eigenvalue weighted by Gasteiger charge is 2.43. The minimum Gasteiger partial charge on any atom is -0.497 e. The third-order valence-corrected chi connectivity index (χ3v) is 5.18. The standard InChI is InChI=1S/C22H27NO4/c1-6-27-21(25)18-13(2)23-16-11-22(3,4)12-17(24)20(16)19(18)14-7-9-15(26-5)10-8-14/h7-10,19,23H,6,11-12H2,1-5H3/t19-/m1/s1. The number of carbonyl (C=O) groups is 2. The molecule has 3 rings (SSSR count). The topological polar surface area (TPSA) is 64.6 Å². The Morgan fingerprint density at radius 2 is 1.89 bits per heavy atom. The van der Waals surface area contributed by atoms with Crippen molar-refractivity contribution >= 4 is 11.8 Å². The minimum atomic E-state index is -0.421. The van der Waals surface area contributed by atoms with Crippen LogP contribution in [0.1, 0.15) is 52.0 Å². The lowest BCUT2D eigenvalue weighted by atomic mass is 9.68. The summed E-state index contributed by atoms with van der Waals surface area (Å²) in [5.41, 5.74) is 3.65. The molecule has 0 fully saturated rings. The first-order valence-electron chi connectivity index (χ1n) is 9.32. The lowest BCUT2D eigenvalue weighted by molar-refractivity contribution is -0.138. The summed E-state index contributed by atoms with van der Waals surface area (Å²) in [5.74, 6) is 0.0163. The molecule has 0 aromatic heterocycles. The number of allylic oxidation sites excluding steroid dienone is 3. The Hall–Kier alpha value is -2.56. The molecule has 0 bridgehead atoms. The van der Waals surface area contributed by atoms with Gasteiger partial charge in [-0.05, 0) is 43.4 Å². The summed E-state index contributed by atoms with van der Waals surface area (Å²) >= 11 is 0. The van der Waals surface area contributed by atoms with Crippen LogP contribution in [0.15, 0.2) is 46.8 Å². The maximum atomic E-state index is 13.1. The molecule has 2 aliphatic rings. The third-order valence-electron chi connectivity index (χ3n) is 5.18. The van der Waals surface area contributed by atoms with E-state index in [1.54, 1.807) is 14.0 Å². The zero-order valence-electron chi connectivity index (χ0n) is 16.6. The molecule has 5 heteroatoms. The number of Topliss-reactive ketones (excluding diaryl/α,β-unsaturated/α-hetero) is 1. The molecule has 0 spiro atoms. The Bertz CT molecular complexity index is 830. The molecule has 144 valence electrons. The van der Waals surface area contributed by atoms with E-state index in [0.29, 0.717) is 17.6 Å². The average Bonchev–Trinajstić information content (AvgIpc) is 2.59. The molecule has 1 atom stereocenters. The van der Waals surface area contributed by atoms with Crippen molar-refractivity contribution in [3.63, 3.8) is 0 Å². The van der Waals surface area contributed by atoms with Crippen molar-refractivity contribution in [2.45, 2.75) is 46.5 Å². The minimum absolute atomic E-state index is 0.0869. The number of methoxy groups -OCH3 is 1. The van der Waals surface area contributed by atoms with Crippen molar-refractivity contribution in [1.29, 1.82) is 0 Å². The first-order chi connectivity index (χ1) is 12.8. The smallest absolute Gasteiger partial charge is 0.336 e. The van der Waals surface area contributed by atoms with E-state index >= 15 is 0 Å². The molecule has 0 saturated carbocycles. The van der Waals surface area contributed by atoms with Crippen molar-refractivity contribution < 1.29 is 19.1 Å². The lowest BCUT2D eigenvalue weighted by Crippen LogP contribution is -2.38. The number of carbonyl (C=O) groups excluding carboxylic acids is 2. The van der Waals surface area contributed by atoms with Crippen molar-refractivity contribution in [1.82, 2.24) is 5.32 Å². The van der Waals surface area contributed by atoms with Crippen LogP contribution in [0.25, 0.3) is 0 Å². The van der Waals surface area contributed by atoms with E-state index in [1.807, 2.05) is 31.2 Å². The summed E-state index contributed by atoms with van der Waals surface area (Å²) in [6.07, 6.45) is 1.24. The van der Waals surface area contributed by atoms with Crippen LogP contribution in [-0.4, -0.2) is 25.5 Å². The van der Waals surface area contributed by atoms with Crippen LogP contribution in [0.2, 0.25) is 0 Å². The molecule has 0 saturated heterocycles. The molecular formula is C22H27NO4. The van der Waals surface area contributed by atoms with E-state index in [2.05, 4.69) is 19.2 Å². The van der Waals surface area contributed by atoms with E-state index in [0.717, 1.165) is 29.1 Å². The van der Waals surface area contributed by atoms with Gasteiger partial charge in [-0.15, -0.1) is 0 Å². The maximum Gasteiger partial charge on any atom is 0.336 e. The first kappa shape index (κ1) is 19.2. The zero-order valence-corrected chi connectivity index (χ0v) is 16.6. The van der Waals surface area contributed by atoms with Crippen molar-refractivity contribution in [2.75, 3.05) is 13.7 Å². The highest BCUT2D eigenvalue weighted by molar-refractivity contribution is 6.04. The molecule has 1 aromatic carbocycles. The Morgan fingerprint density at radius 1 is 1.22 bits per heavy atom. The molecule has 1 N–H and O–H groups in total. The molecule has 0 amide bonds. The molecular weight excluding hydrogens is 342 g/mol. The number of esters is 1. The molecule has 1 heterocycles. The number of hydrogen-bond acceptors (Lipinski definition) is 5. The zero-order chi connectivity index (χ0) is 19.8. The van der Waals surface area contributed by atoms with Gasteiger partial charge in [-0.25, -0.2) is 4.79 Å². The maximum absolute atomic E-state index is 13.1. The van der Waals surface area contributed by atoms with Crippen LogP contribution in [0.4, 0.5) is 0 Å². The number of nitrogens with one attached hydrogen (secondary N) is 1. The van der Waals surface area contributed by atoms with Crippen LogP contribution in [0.5, 0.6) is 5.75 Å². The highest BCUT2D eigenvalue weighted by atomic mass is 16.5. The molecule has 0 radical (unpaired) electrons. The molecule has 5 nitrogen and oxygen atoms in total. The van der Waals surface area contributed by atoms with Crippen LogP contribution < -0.4 is 10.1 Å². The van der Waals surface area contributed by atoms with Crippen LogP contribution in [-0.2, 0) is 14.3 Å². The fourth-order valence-electron chi connectivity index (χ4n) is 4.05. The van der Waals surface area contributed by atoms with Gasteiger partial charge in [0.05, 0.1) is 19.3 Å². The second-order valence-corrected chi connectivity index (χ2v) is 7.92. The van der Waals surface area contributed by atoms with Gasteiger partial charge in [0.15, 0.2) is 5.78 Å². The van der Waals surface area contributed by atoms with E-state index in [1.165, 1.54) is 0 Å². The summed E-state index contributed by atoms with van der Waals surface area (Å²) in [6, 6.07) is 7.54. The second-order valence-electron chi connectivity index (χ2n) is 7.92. The Morgan fingerprint density at radius 3 is 2.48 bits per heavy atom. The summed E-state index contributed by atoms with van der Waals surface area (Å²) in [4.78, 5) is 25.8. The number of benzene rings is 1. The Labute approximate surface area is 160 Å². The van der Waals surface area contributed by atoms with Crippen LogP contribution >= 0.6 is 0 Å². The fourth-order valence-corrected chi connectivity index (χ4v) is 4.05. The molecule has 1 aliphatic heterocycles. The summed E-state index contributed by atoms with van der Waals surface area (Å²) in [6.45, 7) is 8.14. The monoisotopic (exact) mass is 369 g/mol. The number of ketones is 1. The lowest BCUT2D eigenvalue weighted by Gasteiger charge is -2.39. The number of rotatable bonds is 4. The second kappa shape index (κ2) is 7.22. The quantitative estimate of drug-likeness (QED) is 0.817. The number of hydrogen-bond donors (Lipinski definition) is 1. The van der Waals surface area contributed by atoms with Gasteiger partial charge in [0, 0.05) is 29.3 Å². The largest absolute Gasteiger partial charge is 0.497 e. The molecule has 1 aromatic rings. The first-order valence-corrected chi connectivity index (χ1v) is 9.32. The van der Waals surface area contributed by atoms with Gasteiger partial charge < -0.3 is 14.8 Å². The van der Waals surface area contributed by atoms with Gasteiger partial charge in [-0.3, -0.25) is 4.79 Å². The molecule has 0 unspecified atom stereocenters. The predicted octanol–water partition coefficient (Wildman–Crippen LogP) is 3.86. The Kier molecular flexibility index (Phi) is 5.13. The SMILES string of the molecule is CCOC(=O)C1=C(C)NC2=C(C(=O)CC(C)(C)C2)[C@@H]1c1ccc(OC)cc1. The summed E-state index contributed by atoms with van der Waals surface area (Å²) in [5, 5.41) is 3.33. The van der Waals surface area contributed by atoms with Crippen molar-refractivity contribution in [3.05, 3.63) is 52.4 Å². The molecule has 1 aliphatic carbocycles. The molecule has 27 heavy (non-hydrogen) atoms. The van der Waals surface area contributed by atoms with Gasteiger partial charge in [0.1, 0.15) is 5.75 Å². The third kappa shape index (κ3) is 3.64. The van der Waals surface area contributed by atoms with E-state index in [4.69, 9.17) is 9.47 Å². The predicted molar refractivity (Wildman–Crippen MR) is 103 cm³/mol.